The predicted molar refractivity (Wildman–Crippen MR) is 78.4 cm³/mol. The molecular formula is C15H13ClFNO4. The van der Waals surface area contributed by atoms with Crippen LogP contribution < -0.4 is 4.74 Å². The van der Waals surface area contributed by atoms with E-state index in [9.17, 15) is 14.3 Å². The van der Waals surface area contributed by atoms with Gasteiger partial charge in [0.05, 0.1) is 12.1 Å². The Hall–Kier alpha value is -2.34. The smallest absolute Gasteiger partial charge is 0.346 e. The van der Waals surface area contributed by atoms with Crippen molar-refractivity contribution in [1.29, 1.82) is 0 Å². The Labute approximate surface area is 131 Å². The average Bonchev–Trinajstić information content (AvgIpc) is 2.48. The number of halogens is 2. The lowest BCUT2D eigenvalue weighted by Gasteiger charge is -2.14. The molecule has 0 spiro atoms. The Morgan fingerprint density at radius 2 is 2.14 bits per heavy atom. The largest absolute Gasteiger partial charge is 0.504 e. The molecule has 1 atom stereocenters. The second-order valence-corrected chi connectivity index (χ2v) is 4.89. The zero-order valence-electron chi connectivity index (χ0n) is 11.8. The highest BCUT2D eigenvalue weighted by atomic mass is 35.5. The number of carbonyl (C=O) groups is 1. The third kappa shape index (κ3) is 3.46. The van der Waals surface area contributed by atoms with E-state index in [4.69, 9.17) is 16.3 Å². The van der Waals surface area contributed by atoms with Crippen molar-refractivity contribution < 1.29 is 23.8 Å². The maximum Gasteiger partial charge on any atom is 0.346 e. The summed E-state index contributed by atoms with van der Waals surface area (Å²) in [7, 11) is 1.24. The van der Waals surface area contributed by atoms with Crippen molar-refractivity contribution in [3.05, 3.63) is 41.3 Å². The summed E-state index contributed by atoms with van der Waals surface area (Å²) in [5, 5.41) is 10.1. The van der Waals surface area contributed by atoms with Gasteiger partial charge in [-0.05, 0) is 31.2 Å². The average molecular weight is 326 g/mol. The van der Waals surface area contributed by atoms with Gasteiger partial charge in [-0.2, -0.15) is 0 Å². The van der Waals surface area contributed by atoms with Crippen LogP contribution >= 0.6 is 11.6 Å². The molecule has 7 heteroatoms. The standard InChI is InChI=1S/C15H13ClFNO4/c1-8(15(20)21-2)22-13-4-3-9(5-12(13)19)14-11(17)6-10(16)7-18-14/h3-8,19H,1-2H3. The zero-order valence-corrected chi connectivity index (χ0v) is 12.6. The van der Waals surface area contributed by atoms with Gasteiger partial charge in [0.1, 0.15) is 5.69 Å². The first kappa shape index (κ1) is 16.0. The third-order valence-electron chi connectivity index (χ3n) is 2.88. The number of nitrogens with zero attached hydrogens (tertiary/aromatic N) is 1. The normalized spacial score (nSPS) is 11.8. The van der Waals surface area contributed by atoms with E-state index >= 15 is 0 Å². The van der Waals surface area contributed by atoms with Gasteiger partial charge in [0.25, 0.3) is 0 Å². The molecular weight excluding hydrogens is 313 g/mol. The van der Waals surface area contributed by atoms with E-state index in [1.54, 1.807) is 0 Å². The van der Waals surface area contributed by atoms with Gasteiger partial charge in [0.15, 0.2) is 23.4 Å². The SMILES string of the molecule is COC(=O)C(C)Oc1ccc(-c2ncc(Cl)cc2F)cc1O. The van der Waals surface area contributed by atoms with E-state index < -0.39 is 17.9 Å². The lowest BCUT2D eigenvalue weighted by molar-refractivity contribution is -0.147. The Morgan fingerprint density at radius 1 is 1.41 bits per heavy atom. The molecule has 0 radical (unpaired) electrons. The number of hydrogen-bond acceptors (Lipinski definition) is 5. The monoisotopic (exact) mass is 325 g/mol. The maximum absolute atomic E-state index is 13.8. The summed E-state index contributed by atoms with van der Waals surface area (Å²) < 4.78 is 23.6. The number of rotatable bonds is 4. The summed E-state index contributed by atoms with van der Waals surface area (Å²) in [6.45, 7) is 1.49. The molecule has 0 amide bonds. The van der Waals surface area contributed by atoms with Crippen molar-refractivity contribution in [3.8, 4) is 22.8 Å². The number of esters is 1. The molecule has 0 saturated carbocycles. The van der Waals surface area contributed by atoms with Crippen LogP contribution in [0.3, 0.4) is 0 Å². The van der Waals surface area contributed by atoms with Gasteiger partial charge in [-0.15, -0.1) is 0 Å². The van der Waals surface area contributed by atoms with Crippen molar-refractivity contribution in [2.45, 2.75) is 13.0 Å². The second kappa shape index (κ2) is 6.62. The zero-order chi connectivity index (χ0) is 16.3. The number of benzene rings is 1. The van der Waals surface area contributed by atoms with Crippen LogP contribution in [-0.4, -0.2) is 29.3 Å². The van der Waals surface area contributed by atoms with Crippen LogP contribution in [0.1, 0.15) is 6.92 Å². The minimum Gasteiger partial charge on any atom is -0.504 e. The number of aromatic nitrogens is 1. The van der Waals surface area contributed by atoms with Crippen LogP contribution in [0, 0.1) is 5.82 Å². The first-order chi connectivity index (χ1) is 10.4. The first-order valence-electron chi connectivity index (χ1n) is 6.31. The molecule has 1 aromatic heterocycles. The summed E-state index contributed by atoms with van der Waals surface area (Å²) in [5.74, 6) is -1.35. The lowest BCUT2D eigenvalue weighted by Crippen LogP contribution is -2.24. The number of phenols is 1. The fourth-order valence-electron chi connectivity index (χ4n) is 1.80. The molecule has 0 saturated heterocycles. The van der Waals surface area contributed by atoms with Crippen LogP contribution in [0.5, 0.6) is 11.5 Å². The fourth-order valence-corrected chi connectivity index (χ4v) is 1.94. The number of methoxy groups -OCH3 is 1. The Morgan fingerprint density at radius 3 is 2.73 bits per heavy atom. The third-order valence-corrected chi connectivity index (χ3v) is 3.08. The van der Waals surface area contributed by atoms with E-state index in [1.807, 2.05) is 0 Å². The number of pyridine rings is 1. The minimum absolute atomic E-state index is 0.0484. The molecule has 2 aromatic rings. The number of aromatic hydroxyl groups is 1. The second-order valence-electron chi connectivity index (χ2n) is 4.45. The van der Waals surface area contributed by atoms with Crippen LogP contribution in [0.25, 0.3) is 11.3 Å². The topological polar surface area (TPSA) is 68.7 Å². The lowest BCUT2D eigenvalue weighted by atomic mass is 10.1. The van der Waals surface area contributed by atoms with Gasteiger partial charge >= 0.3 is 5.97 Å². The highest BCUT2D eigenvalue weighted by Gasteiger charge is 2.17. The Kier molecular flexibility index (Phi) is 4.82. The summed E-state index contributed by atoms with van der Waals surface area (Å²) in [4.78, 5) is 15.2. The molecule has 0 aliphatic rings. The summed E-state index contributed by atoms with van der Waals surface area (Å²) in [5.41, 5.74) is 0.400. The van der Waals surface area contributed by atoms with E-state index in [0.29, 0.717) is 5.56 Å². The fraction of sp³-hybridized carbons (Fsp3) is 0.200. The van der Waals surface area contributed by atoms with Crippen molar-refractivity contribution in [2.24, 2.45) is 0 Å². The van der Waals surface area contributed by atoms with Crippen LogP contribution in [0.2, 0.25) is 5.02 Å². The van der Waals surface area contributed by atoms with E-state index in [2.05, 4.69) is 9.72 Å². The van der Waals surface area contributed by atoms with Gasteiger partial charge in [-0.1, -0.05) is 11.6 Å². The van der Waals surface area contributed by atoms with Gasteiger partial charge in [0, 0.05) is 11.8 Å². The maximum atomic E-state index is 13.8. The molecule has 0 aliphatic heterocycles. The van der Waals surface area contributed by atoms with Crippen molar-refractivity contribution in [2.75, 3.05) is 7.11 Å². The Bertz CT molecular complexity index is 708. The quantitative estimate of drug-likeness (QED) is 0.874. The Balaban J connectivity index is 2.28. The van der Waals surface area contributed by atoms with Crippen LogP contribution in [0.4, 0.5) is 4.39 Å². The van der Waals surface area contributed by atoms with Gasteiger partial charge < -0.3 is 14.6 Å². The molecule has 22 heavy (non-hydrogen) atoms. The van der Waals surface area contributed by atoms with Crippen molar-refractivity contribution >= 4 is 17.6 Å². The van der Waals surface area contributed by atoms with Crippen molar-refractivity contribution in [1.82, 2.24) is 4.98 Å². The minimum atomic E-state index is -0.882. The van der Waals surface area contributed by atoms with Gasteiger partial charge in [-0.25, -0.2) is 9.18 Å². The highest BCUT2D eigenvalue weighted by molar-refractivity contribution is 6.30. The predicted octanol–water partition coefficient (Wildman–Crippen LogP) is 3.19. The molecule has 116 valence electrons. The van der Waals surface area contributed by atoms with Crippen molar-refractivity contribution in [3.63, 3.8) is 0 Å². The molecule has 1 heterocycles. The molecule has 1 N–H and O–H groups in total. The van der Waals surface area contributed by atoms with Gasteiger partial charge in [-0.3, -0.25) is 4.98 Å². The number of hydrogen-bond donors (Lipinski definition) is 1. The number of phenolic OH excluding ortho intramolecular Hbond substituents is 1. The van der Waals surface area contributed by atoms with E-state index in [-0.39, 0.29) is 22.2 Å². The van der Waals surface area contributed by atoms with Gasteiger partial charge in [0.2, 0.25) is 0 Å². The highest BCUT2D eigenvalue weighted by Crippen LogP contribution is 2.33. The summed E-state index contributed by atoms with van der Waals surface area (Å²) in [6.07, 6.45) is 0.424. The molecule has 5 nitrogen and oxygen atoms in total. The number of carbonyl (C=O) groups excluding carboxylic acids is 1. The summed E-state index contributed by atoms with van der Waals surface area (Å²) in [6, 6.07) is 5.35. The molecule has 0 aliphatic carbocycles. The molecule has 2 rings (SSSR count). The number of ether oxygens (including phenoxy) is 2. The van der Waals surface area contributed by atoms with E-state index in [0.717, 1.165) is 6.07 Å². The molecule has 1 aromatic carbocycles. The first-order valence-corrected chi connectivity index (χ1v) is 6.69. The summed E-state index contributed by atoms with van der Waals surface area (Å²) >= 11 is 5.65. The molecule has 0 fully saturated rings. The van der Waals surface area contributed by atoms with Crippen LogP contribution in [-0.2, 0) is 9.53 Å². The van der Waals surface area contributed by atoms with E-state index in [1.165, 1.54) is 38.4 Å². The van der Waals surface area contributed by atoms with Crippen LogP contribution in [0.15, 0.2) is 30.5 Å². The molecule has 1 unspecified atom stereocenters. The molecule has 0 bridgehead atoms.